The third kappa shape index (κ3) is 3.70. The van der Waals surface area contributed by atoms with Crippen LogP contribution in [-0.2, 0) is 14.4 Å². The van der Waals surface area contributed by atoms with Gasteiger partial charge in [0.05, 0.1) is 6.04 Å². The van der Waals surface area contributed by atoms with Gasteiger partial charge in [-0.05, 0) is 24.6 Å². The van der Waals surface area contributed by atoms with Crippen LogP contribution in [-0.4, -0.2) is 46.6 Å². The molecule has 0 aromatic heterocycles. The Hall–Kier alpha value is -2.48. The molecule has 0 bridgehead atoms. The standard InChI is InChI=1S/C16H16BrN3O4/c1-3-8-19-14(22)15(23)20(16(19)24)9-13(21)18-10(2)11-4-6-12(17)7-5-11/h3-7,10H,1,8-9H2,2H3,(H,18,21)/t10-/m0/s1. The number of carbonyl (C=O) groups is 4. The topological polar surface area (TPSA) is 86.8 Å². The van der Waals surface area contributed by atoms with Crippen molar-refractivity contribution in [3.63, 3.8) is 0 Å². The molecule has 1 aromatic carbocycles. The van der Waals surface area contributed by atoms with Crippen molar-refractivity contribution in [2.24, 2.45) is 0 Å². The molecule has 5 amide bonds. The van der Waals surface area contributed by atoms with E-state index in [4.69, 9.17) is 0 Å². The number of amides is 5. The van der Waals surface area contributed by atoms with Crippen LogP contribution < -0.4 is 5.32 Å². The highest BCUT2D eigenvalue weighted by molar-refractivity contribution is 9.10. The second-order valence-electron chi connectivity index (χ2n) is 5.22. The highest BCUT2D eigenvalue weighted by Gasteiger charge is 2.44. The molecule has 0 unspecified atom stereocenters. The molecule has 8 heteroatoms. The lowest BCUT2D eigenvalue weighted by Gasteiger charge is -2.17. The van der Waals surface area contributed by atoms with Gasteiger partial charge in [-0.3, -0.25) is 19.3 Å². The van der Waals surface area contributed by atoms with Crippen LogP contribution in [0.25, 0.3) is 0 Å². The molecule has 0 aliphatic carbocycles. The average molecular weight is 394 g/mol. The van der Waals surface area contributed by atoms with Crippen LogP contribution in [0.3, 0.4) is 0 Å². The Labute approximate surface area is 147 Å². The lowest BCUT2D eigenvalue weighted by atomic mass is 10.1. The average Bonchev–Trinajstić information content (AvgIpc) is 2.73. The first-order valence-corrected chi connectivity index (χ1v) is 7.97. The van der Waals surface area contributed by atoms with Crippen LogP contribution in [0.15, 0.2) is 41.4 Å². The second-order valence-corrected chi connectivity index (χ2v) is 6.13. The Morgan fingerprint density at radius 3 is 2.38 bits per heavy atom. The molecule has 0 radical (unpaired) electrons. The third-order valence-electron chi connectivity index (χ3n) is 3.50. The first-order chi connectivity index (χ1) is 11.3. The number of urea groups is 1. The first kappa shape index (κ1) is 17.9. The van der Waals surface area contributed by atoms with Gasteiger partial charge >= 0.3 is 17.8 Å². The Morgan fingerprint density at radius 1 is 1.21 bits per heavy atom. The Kier molecular flexibility index (Phi) is 5.50. The minimum Gasteiger partial charge on any atom is -0.348 e. The minimum absolute atomic E-state index is 0.0726. The van der Waals surface area contributed by atoms with Crippen molar-refractivity contribution in [2.75, 3.05) is 13.1 Å². The molecule has 7 nitrogen and oxygen atoms in total. The van der Waals surface area contributed by atoms with Gasteiger partial charge < -0.3 is 5.32 Å². The van der Waals surface area contributed by atoms with E-state index < -0.39 is 30.3 Å². The van der Waals surface area contributed by atoms with Crippen LogP contribution >= 0.6 is 15.9 Å². The van der Waals surface area contributed by atoms with E-state index in [-0.39, 0.29) is 12.6 Å². The van der Waals surface area contributed by atoms with Crippen molar-refractivity contribution in [3.8, 4) is 0 Å². The number of nitrogens with one attached hydrogen (secondary N) is 1. The summed E-state index contributed by atoms with van der Waals surface area (Å²) >= 11 is 3.33. The summed E-state index contributed by atoms with van der Waals surface area (Å²) in [4.78, 5) is 49.0. The molecular formula is C16H16BrN3O4. The Bertz CT molecular complexity index is 702. The van der Waals surface area contributed by atoms with E-state index in [9.17, 15) is 19.2 Å². The number of imide groups is 2. The first-order valence-electron chi connectivity index (χ1n) is 7.18. The van der Waals surface area contributed by atoms with Crippen LogP contribution in [0, 0.1) is 0 Å². The number of rotatable bonds is 6. The maximum absolute atomic E-state index is 12.1. The fourth-order valence-electron chi connectivity index (χ4n) is 2.25. The van der Waals surface area contributed by atoms with Gasteiger partial charge in [0, 0.05) is 11.0 Å². The molecule has 1 aliphatic rings. The zero-order valence-electron chi connectivity index (χ0n) is 13.0. The highest BCUT2D eigenvalue weighted by Crippen LogP contribution is 2.17. The van der Waals surface area contributed by atoms with E-state index in [0.29, 0.717) is 4.90 Å². The highest BCUT2D eigenvalue weighted by atomic mass is 79.9. The summed E-state index contributed by atoms with van der Waals surface area (Å²) < 4.78 is 0.916. The SMILES string of the molecule is C=CCN1C(=O)C(=O)N(CC(=O)N[C@@H](C)c2ccc(Br)cc2)C1=O. The van der Waals surface area contributed by atoms with Gasteiger partial charge in [-0.25, -0.2) is 9.69 Å². The third-order valence-corrected chi connectivity index (χ3v) is 4.02. The van der Waals surface area contributed by atoms with Crippen LogP contribution in [0.2, 0.25) is 0 Å². The monoisotopic (exact) mass is 393 g/mol. The van der Waals surface area contributed by atoms with Gasteiger partial charge in [0.15, 0.2) is 0 Å². The van der Waals surface area contributed by atoms with E-state index in [1.807, 2.05) is 24.3 Å². The quantitative estimate of drug-likeness (QED) is 0.451. The molecule has 1 aromatic rings. The van der Waals surface area contributed by atoms with E-state index >= 15 is 0 Å². The number of halogens is 1. The van der Waals surface area contributed by atoms with Crippen molar-refractivity contribution in [3.05, 3.63) is 47.0 Å². The van der Waals surface area contributed by atoms with Gasteiger partial charge in [-0.15, -0.1) is 6.58 Å². The van der Waals surface area contributed by atoms with E-state index in [1.165, 1.54) is 6.08 Å². The molecule has 24 heavy (non-hydrogen) atoms. The molecule has 1 atom stereocenters. The second kappa shape index (κ2) is 7.39. The van der Waals surface area contributed by atoms with Crippen molar-refractivity contribution in [2.45, 2.75) is 13.0 Å². The lowest BCUT2D eigenvalue weighted by Crippen LogP contribution is -2.42. The normalized spacial score (nSPS) is 15.7. The molecule has 1 heterocycles. The largest absolute Gasteiger partial charge is 0.348 e. The number of carbonyl (C=O) groups excluding carboxylic acids is 4. The molecule has 1 fully saturated rings. The number of hydrogen-bond donors (Lipinski definition) is 1. The van der Waals surface area contributed by atoms with Crippen molar-refractivity contribution < 1.29 is 19.2 Å². The molecule has 0 spiro atoms. The van der Waals surface area contributed by atoms with E-state index in [1.54, 1.807) is 6.92 Å². The maximum atomic E-state index is 12.1. The predicted molar refractivity (Wildman–Crippen MR) is 89.7 cm³/mol. The molecule has 126 valence electrons. The van der Waals surface area contributed by atoms with E-state index in [0.717, 1.165) is 14.9 Å². The summed E-state index contributed by atoms with van der Waals surface area (Å²) in [5.41, 5.74) is 0.870. The molecule has 1 N–H and O–H groups in total. The van der Waals surface area contributed by atoms with Gasteiger partial charge in [0.1, 0.15) is 6.54 Å². The maximum Gasteiger partial charge on any atom is 0.335 e. The molecule has 0 saturated carbocycles. The summed E-state index contributed by atoms with van der Waals surface area (Å²) in [6.45, 7) is 4.63. The minimum atomic E-state index is -1.01. The summed E-state index contributed by atoms with van der Waals surface area (Å²) in [5, 5.41) is 2.69. The van der Waals surface area contributed by atoms with Crippen molar-refractivity contribution in [1.82, 2.24) is 15.1 Å². The number of nitrogens with zero attached hydrogens (tertiary/aromatic N) is 2. The van der Waals surface area contributed by atoms with Crippen LogP contribution in [0.4, 0.5) is 4.79 Å². The van der Waals surface area contributed by atoms with Gasteiger partial charge in [-0.1, -0.05) is 34.1 Å². The van der Waals surface area contributed by atoms with Gasteiger partial charge in [-0.2, -0.15) is 0 Å². The Balaban J connectivity index is 2.00. The fourth-order valence-corrected chi connectivity index (χ4v) is 2.51. The smallest absolute Gasteiger partial charge is 0.335 e. The Morgan fingerprint density at radius 2 is 1.79 bits per heavy atom. The predicted octanol–water partition coefficient (Wildman–Crippen LogP) is 1.60. The summed E-state index contributed by atoms with van der Waals surface area (Å²) in [6.07, 6.45) is 1.34. The van der Waals surface area contributed by atoms with Crippen molar-refractivity contribution in [1.29, 1.82) is 0 Å². The lowest BCUT2D eigenvalue weighted by molar-refractivity contribution is -0.143. The zero-order chi connectivity index (χ0) is 17.9. The van der Waals surface area contributed by atoms with Gasteiger partial charge in [0.25, 0.3) is 0 Å². The van der Waals surface area contributed by atoms with E-state index in [2.05, 4.69) is 27.8 Å². The molecule has 1 aliphatic heterocycles. The zero-order valence-corrected chi connectivity index (χ0v) is 14.6. The summed E-state index contributed by atoms with van der Waals surface area (Å²) in [7, 11) is 0. The fraction of sp³-hybridized carbons (Fsp3) is 0.250. The van der Waals surface area contributed by atoms with Crippen LogP contribution in [0.1, 0.15) is 18.5 Å². The summed E-state index contributed by atoms with van der Waals surface area (Å²) in [5.74, 6) is -2.48. The molecule has 1 saturated heterocycles. The number of benzene rings is 1. The molecular weight excluding hydrogens is 378 g/mol. The van der Waals surface area contributed by atoms with Crippen molar-refractivity contribution >= 4 is 39.7 Å². The van der Waals surface area contributed by atoms with Crippen LogP contribution in [0.5, 0.6) is 0 Å². The number of hydrogen-bond acceptors (Lipinski definition) is 4. The molecule has 2 rings (SSSR count). The van der Waals surface area contributed by atoms with Gasteiger partial charge in [0.2, 0.25) is 5.91 Å². The summed E-state index contributed by atoms with van der Waals surface area (Å²) in [6, 6.07) is 6.26.